The number of phenolic OH excluding ortho intramolecular Hbond substituents is 1. The van der Waals surface area contributed by atoms with Gasteiger partial charge in [0, 0.05) is 11.5 Å². The molecule has 3 aromatic rings. The van der Waals surface area contributed by atoms with E-state index in [2.05, 4.69) is 0 Å². The second-order valence-electron chi connectivity index (χ2n) is 4.20. The summed E-state index contributed by atoms with van der Waals surface area (Å²) in [7, 11) is 1.41. The Bertz CT molecular complexity index is 899. The average Bonchev–Trinajstić information content (AvgIpc) is 2.44. The zero-order valence-electron chi connectivity index (χ0n) is 10.2. The molecule has 0 aliphatic rings. The van der Waals surface area contributed by atoms with E-state index in [1.807, 2.05) is 0 Å². The van der Waals surface area contributed by atoms with Gasteiger partial charge in [0.15, 0.2) is 11.3 Å². The van der Waals surface area contributed by atoms with E-state index >= 15 is 0 Å². The van der Waals surface area contributed by atoms with Crippen LogP contribution in [0, 0.1) is 11.6 Å². The number of ether oxygens (including phenoxy) is 1. The molecule has 0 radical (unpaired) electrons. The molecule has 0 fully saturated rings. The van der Waals surface area contributed by atoms with Crippen molar-refractivity contribution in [3.05, 3.63) is 46.3 Å². The minimum atomic E-state index is -1.18. The van der Waals surface area contributed by atoms with Crippen LogP contribution in [0.25, 0.3) is 21.7 Å². The Balaban J connectivity index is 2.64. The zero-order chi connectivity index (χ0) is 14.4. The first-order valence-electron chi connectivity index (χ1n) is 5.64. The van der Waals surface area contributed by atoms with E-state index in [9.17, 15) is 18.7 Å². The lowest BCUT2D eigenvalue weighted by atomic mass is 10.1. The molecule has 1 aromatic heterocycles. The highest BCUT2D eigenvalue weighted by atomic mass is 19.1. The summed E-state index contributed by atoms with van der Waals surface area (Å²) < 4.78 is 37.6. The summed E-state index contributed by atoms with van der Waals surface area (Å²) in [5.41, 5.74) is -1.44. The van der Waals surface area contributed by atoms with Gasteiger partial charge in [-0.1, -0.05) is 0 Å². The monoisotopic (exact) mass is 278 g/mol. The van der Waals surface area contributed by atoms with Gasteiger partial charge in [-0.3, -0.25) is 0 Å². The summed E-state index contributed by atoms with van der Waals surface area (Å²) in [6.07, 6.45) is 0. The summed E-state index contributed by atoms with van der Waals surface area (Å²) in [6, 6.07) is 4.97. The summed E-state index contributed by atoms with van der Waals surface area (Å²) in [4.78, 5) is 11.8. The number of fused-ring (bicyclic) bond motifs is 3. The Kier molecular flexibility index (Phi) is 2.60. The van der Waals surface area contributed by atoms with Crippen molar-refractivity contribution in [1.29, 1.82) is 0 Å². The third-order valence-corrected chi connectivity index (χ3v) is 3.06. The summed E-state index contributed by atoms with van der Waals surface area (Å²) in [5, 5.41) is 9.30. The molecule has 1 heterocycles. The van der Waals surface area contributed by atoms with Gasteiger partial charge in [0.25, 0.3) is 0 Å². The molecule has 0 unspecified atom stereocenters. The van der Waals surface area contributed by atoms with E-state index in [1.165, 1.54) is 25.3 Å². The number of aromatic hydroxyl groups is 1. The predicted molar refractivity (Wildman–Crippen MR) is 68.1 cm³/mol. The van der Waals surface area contributed by atoms with E-state index < -0.39 is 28.6 Å². The third-order valence-electron chi connectivity index (χ3n) is 3.06. The second kappa shape index (κ2) is 4.19. The van der Waals surface area contributed by atoms with Crippen LogP contribution in [0.5, 0.6) is 11.5 Å². The van der Waals surface area contributed by atoms with Crippen LogP contribution < -0.4 is 10.4 Å². The maximum Gasteiger partial charge on any atom is 0.344 e. The first-order chi connectivity index (χ1) is 9.52. The van der Waals surface area contributed by atoms with Crippen molar-refractivity contribution in [1.82, 2.24) is 0 Å². The molecular formula is C14H8F2O4. The zero-order valence-corrected chi connectivity index (χ0v) is 10.2. The number of hydrogen-bond acceptors (Lipinski definition) is 4. The third kappa shape index (κ3) is 1.61. The molecule has 0 bridgehead atoms. The number of rotatable bonds is 1. The van der Waals surface area contributed by atoms with E-state index in [-0.39, 0.29) is 16.2 Å². The Morgan fingerprint density at radius 1 is 1.20 bits per heavy atom. The van der Waals surface area contributed by atoms with Gasteiger partial charge in [0.1, 0.15) is 11.6 Å². The summed E-state index contributed by atoms with van der Waals surface area (Å²) in [6.45, 7) is 0. The number of hydrogen-bond donors (Lipinski definition) is 1. The maximum absolute atomic E-state index is 14.0. The van der Waals surface area contributed by atoms with Gasteiger partial charge in [0.05, 0.1) is 17.9 Å². The average molecular weight is 278 g/mol. The molecule has 0 saturated heterocycles. The molecule has 0 aliphatic carbocycles. The fourth-order valence-corrected chi connectivity index (χ4v) is 2.12. The molecule has 6 heteroatoms. The fourth-order valence-electron chi connectivity index (χ4n) is 2.12. The molecule has 4 nitrogen and oxygen atoms in total. The molecule has 0 saturated carbocycles. The largest absolute Gasteiger partial charge is 0.505 e. The molecule has 3 rings (SSSR count). The highest BCUT2D eigenvalue weighted by Crippen LogP contribution is 2.33. The summed E-state index contributed by atoms with van der Waals surface area (Å²) in [5.74, 6) is -2.60. The van der Waals surface area contributed by atoms with E-state index in [4.69, 9.17) is 9.15 Å². The van der Waals surface area contributed by atoms with Crippen molar-refractivity contribution in [2.45, 2.75) is 0 Å². The van der Waals surface area contributed by atoms with Crippen molar-refractivity contribution < 1.29 is 23.0 Å². The smallest absolute Gasteiger partial charge is 0.344 e. The van der Waals surface area contributed by atoms with Gasteiger partial charge in [-0.15, -0.1) is 0 Å². The number of halogens is 2. The molecule has 2 aromatic carbocycles. The number of methoxy groups -OCH3 is 1. The van der Waals surface area contributed by atoms with Gasteiger partial charge in [-0.25, -0.2) is 9.18 Å². The van der Waals surface area contributed by atoms with Gasteiger partial charge in [0.2, 0.25) is 5.82 Å². The van der Waals surface area contributed by atoms with Crippen LogP contribution in [0.2, 0.25) is 0 Å². The Hall–Kier alpha value is -2.63. The Labute approximate surface area is 110 Å². The van der Waals surface area contributed by atoms with Crippen LogP contribution in [0.15, 0.2) is 33.5 Å². The van der Waals surface area contributed by atoms with Gasteiger partial charge < -0.3 is 14.3 Å². The fraction of sp³-hybridized carbons (Fsp3) is 0.0714. The highest BCUT2D eigenvalue weighted by Gasteiger charge is 2.18. The maximum atomic E-state index is 14.0. The predicted octanol–water partition coefficient (Wildman–Crippen LogP) is 2.94. The van der Waals surface area contributed by atoms with Crippen LogP contribution >= 0.6 is 0 Å². The van der Waals surface area contributed by atoms with Crippen molar-refractivity contribution in [3.8, 4) is 11.5 Å². The quantitative estimate of drug-likeness (QED) is 0.549. The van der Waals surface area contributed by atoms with E-state index in [0.717, 1.165) is 0 Å². The van der Waals surface area contributed by atoms with Crippen molar-refractivity contribution in [3.63, 3.8) is 0 Å². The lowest BCUT2D eigenvalue weighted by Crippen LogP contribution is -2.02. The topological polar surface area (TPSA) is 59.7 Å². The van der Waals surface area contributed by atoms with Crippen molar-refractivity contribution >= 4 is 21.7 Å². The lowest BCUT2D eigenvalue weighted by Gasteiger charge is -2.07. The van der Waals surface area contributed by atoms with Crippen LogP contribution in [0.4, 0.5) is 8.78 Å². The normalized spacial score (nSPS) is 11.2. The SMILES string of the molecule is COc1ccc2c(=O)oc3c(F)c(O)cc(F)c3c2c1. The molecule has 0 amide bonds. The van der Waals surface area contributed by atoms with Crippen LogP contribution in [0.1, 0.15) is 0 Å². The summed E-state index contributed by atoms with van der Waals surface area (Å²) >= 11 is 0. The van der Waals surface area contributed by atoms with Gasteiger partial charge in [-0.05, 0) is 18.2 Å². The molecule has 20 heavy (non-hydrogen) atoms. The van der Waals surface area contributed by atoms with E-state index in [1.54, 1.807) is 0 Å². The van der Waals surface area contributed by atoms with Gasteiger partial charge in [-0.2, -0.15) is 4.39 Å². The van der Waals surface area contributed by atoms with Crippen molar-refractivity contribution in [2.24, 2.45) is 0 Å². The minimum Gasteiger partial charge on any atom is -0.505 e. The first-order valence-corrected chi connectivity index (χ1v) is 5.64. The van der Waals surface area contributed by atoms with Crippen LogP contribution in [0.3, 0.4) is 0 Å². The lowest BCUT2D eigenvalue weighted by molar-refractivity contribution is 0.415. The molecule has 0 spiro atoms. The molecule has 1 N–H and O–H groups in total. The van der Waals surface area contributed by atoms with E-state index in [0.29, 0.717) is 11.8 Å². The first kappa shape index (κ1) is 12.4. The van der Waals surface area contributed by atoms with Crippen LogP contribution in [-0.4, -0.2) is 12.2 Å². The molecule has 0 atom stereocenters. The Morgan fingerprint density at radius 3 is 2.65 bits per heavy atom. The van der Waals surface area contributed by atoms with Crippen LogP contribution in [-0.2, 0) is 0 Å². The van der Waals surface area contributed by atoms with Crippen molar-refractivity contribution in [2.75, 3.05) is 7.11 Å². The standard InChI is InChI=1S/C14H8F2O4/c1-19-6-2-3-7-8(4-6)11-9(15)5-10(17)12(16)13(11)20-14(7)18/h2-5,17H,1H3. The number of phenols is 1. The molecular weight excluding hydrogens is 270 g/mol. The molecule has 102 valence electrons. The minimum absolute atomic E-state index is 0.0993. The molecule has 0 aliphatic heterocycles. The Morgan fingerprint density at radius 2 is 1.95 bits per heavy atom. The number of benzene rings is 2. The highest BCUT2D eigenvalue weighted by molar-refractivity contribution is 6.05. The van der Waals surface area contributed by atoms with Gasteiger partial charge >= 0.3 is 5.63 Å². The second-order valence-corrected chi connectivity index (χ2v) is 4.20.